The molecule has 0 amide bonds. The lowest BCUT2D eigenvalue weighted by atomic mass is 10.2. The normalized spacial score (nSPS) is 20.6. The van der Waals surface area contributed by atoms with E-state index in [0.717, 1.165) is 17.9 Å². The summed E-state index contributed by atoms with van der Waals surface area (Å²) in [5, 5.41) is 6.35. The number of hydrogen-bond donors (Lipinski definition) is 2. The Morgan fingerprint density at radius 1 is 1.45 bits per heavy atom. The second-order valence-electron chi connectivity index (χ2n) is 5.29. The molecule has 2 rings (SSSR count). The fourth-order valence-corrected chi connectivity index (χ4v) is 4.04. The van der Waals surface area contributed by atoms with Crippen molar-refractivity contribution in [3.05, 3.63) is 29.8 Å². The zero-order valence-corrected chi connectivity index (χ0v) is 13.8. The van der Waals surface area contributed by atoms with Crippen molar-refractivity contribution in [2.45, 2.75) is 25.9 Å². The van der Waals surface area contributed by atoms with Crippen LogP contribution in [0.15, 0.2) is 29.3 Å². The van der Waals surface area contributed by atoms with Gasteiger partial charge in [0, 0.05) is 12.6 Å². The lowest BCUT2D eigenvalue weighted by Crippen LogP contribution is -2.44. The quantitative estimate of drug-likeness (QED) is 0.622. The van der Waals surface area contributed by atoms with Crippen molar-refractivity contribution >= 4 is 15.8 Å². The first-order valence-corrected chi connectivity index (χ1v) is 9.23. The number of sulfone groups is 1. The number of aliphatic imine (C=N–C) groups is 1. The standard InChI is InChI=1S/C15H23N3O3S/c1-3-16-15(18-13-7-8-22(19,20)11-13)17-10-12-5-4-6-14(9-12)21-2/h4-6,9,13H,3,7-8,10-11H2,1-2H3,(H2,16,17,18). The molecule has 1 unspecified atom stereocenters. The number of nitrogens with one attached hydrogen (secondary N) is 2. The van der Waals surface area contributed by atoms with Gasteiger partial charge in [-0.1, -0.05) is 12.1 Å². The van der Waals surface area contributed by atoms with Crippen molar-refractivity contribution in [3.63, 3.8) is 0 Å². The molecular weight excluding hydrogens is 302 g/mol. The first-order valence-electron chi connectivity index (χ1n) is 7.40. The highest BCUT2D eigenvalue weighted by atomic mass is 32.2. The van der Waals surface area contributed by atoms with E-state index in [-0.39, 0.29) is 17.5 Å². The van der Waals surface area contributed by atoms with Crippen LogP contribution in [0.5, 0.6) is 5.75 Å². The predicted octanol–water partition coefficient (Wildman–Crippen LogP) is 0.937. The molecule has 0 spiro atoms. The van der Waals surface area contributed by atoms with E-state index in [2.05, 4.69) is 15.6 Å². The minimum Gasteiger partial charge on any atom is -0.497 e. The Balaban J connectivity index is 2.00. The van der Waals surface area contributed by atoms with Gasteiger partial charge in [0.1, 0.15) is 5.75 Å². The summed E-state index contributed by atoms with van der Waals surface area (Å²) in [6, 6.07) is 7.67. The number of nitrogens with zero attached hydrogens (tertiary/aromatic N) is 1. The molecule has 0 bridgehead atoms. The summed E-state index contributed by atoms with van der Waals surface area (Å²) < 4.78 is 28.2. The van der Waals surface area contributed by atoms with Crippen molar-refractivity contribution < 1.29 is 13.2 Å². The van der Waals surface area contributed by atoms with Gasteiger partial charge in [0.2, 0.25) is 0 Å². The van der Waals surface area contributed by atoms with Crippen LogP contribution >= 0.6 is 0 Å². The van der Waals surface area contributed by atoms with Crippen LogP contribution in [0.1, 0.15) is 18.9 Å². The van der Waals surface area contributed by atoms with E-state index < -0.39 is 9.84 Å². The van der Waals surface area contributed by atoms with E-state index >= 15 is 0 Å². The molecule has 0 aliphatic carbocycles. The van der Waals surface area contributed by atoms with Gasteiger partial charge >= 0.3 is 0 Å². The fourth-order valence-electron chi connectivity index (χ4n) is 2.36. The molecule has 1 aromatic carbocycles. The largest absolute Gasteiger partial charge is 0.497 e. The number of benzene rings is 1. The Hall–Kier alpha value is -1.76. The average Bonchev–Trinajstić information content (AvgIpc) is 2.84. The summed E-state index contributed by atoms with van der Waals surface area (Å²) in [5.41, 5.74) is 1.04. The molecule has 7 heteroatoms. The zero-order chi connectivity index (χ0) is 16.0. The molecule has 6 nitrogen and oxygen atoms in total. The summed E-state index contributed by atoms with van der Waals surface area (Å²) in [4.78, 5) is 4.51. The molecule has 1 aliphatic rings. The smallest absolute Gasteiger partial charge is 0.191 e. The van der Waals surface area contributed by atoms with Crippen LogP contribution in [0, 0.1) is 0 Å². The van der Waals surface area contributed by atoms with E-state index in [1.54, 1.807) is 7.11 Å². The second kappa shape index (κ2) is 7.49. The third kappa shape index (κ3) is 4.91. The Labute approximate surface area is 131 Å². The van der Waals surface area contributed by atoms with E-state index in [0.29, 0.717) is 18.9 Å². The number of guanidine groups is 1. The highest BCUT2D eigenvalue weighted by Crippen LogP contribution is 2.14. The van der Waals surface area contributed by atoms with Gasteiger partial charge in [0.05, 0.1) is 25.2 Å². The van der Waals surface area contributed by atoms with E-state index in [1.807, 2.05) is 31.2 Å². The number of methoxy groups -OCH3 is 1. The molecule has 1 atom stereocenters. The van der Waals surface area contributed by atoms with Crippen molar-refractivity contribution in [3.8, 4) is 5.75 Å². The minimum atomic E-state index is -2.89. The lowest BCUT2D eigenvalue weighted by molar-refractivity contribution is 0.414. The highest BCUT2D eigenvalue weighted by molar-refractivity contribution is 7.91. The molecule has 2 N–H and O–H groups in total. The fraction of sp³-hybridized carbons (Fsp3) is 0.533. The minimum absolute atomic E-state index is 0.0619. The van der Waals surface area contributed by atoms with Gasteiger partial charge in [-0.25, -0.2) is 13.4 Å². The Morgan fingerprint density at radius 2 is 2.27 bits per heavy atom. The third-order valence-corrected chi connectivity index (χ3v) is 5.24. The molecule has 1 saturated heterocycles. The van der Waals surface area contributed by atoms with Crippen LogP contribution in [-0.2, 0) is 16.4 Å². The number of rotatable bonds is 5. The summed E-state index contributed by atoms with van der Waals surface area (Å²) >= 11 is 0. The molecule has 0 radical (unpaired) electrons. The van der Waals surface area contributed by atoms with Crippen LogP contribution in [0.3, 0.4) is 0 Å². The first kappa shape index (κ1) is 16.6. The predicted molar refractivity (Wildman–Crippen MR) is 88.0 cm³/mol. The van der Waals surface area contributed by atoms with E-state index in [4.69, 9.17) is 4.74 Å². The second-order valence-corrected chi connectivity index (χ2v) is 7.52. The van der Waals surface area contributed by atoms with Crippen LogP contribution < -0.4 is 15.4 Å². The van der Waals surface area contributed by atoms with Gasteiger partial charge in [0.25, 0.3) is 0 Å². The summed E-state index contributed by atoms with van der Waals surface area (Å²) in [6.07, 6.45) is 0.631. The molecule has 1 fully saturated rings. The monoisotopic (exact) mass is 325 g/mol. The van der Waals surface area contributed by atoms with Crippen molar-refractivity contribution in [1.82, 2.24) is 10.6 Å². The van der Waals surface area contributed by atoms with Crippen molar-refractivity contribution in [1.29, 1.82) is 0 Å². The Bertz CT molecular complexity index is 629. The van der Waals surface area contributed by atoms with Crippen LogP contribution in [-0.4, -0.2) is 45.6 Å². The first-order chi connectivity index (χ1) is 10.5. The van der Waals surface area contributed by atoms with E-state index in [1.165, 1.54) is 0 Å². The maximum absolute atomic E-state index is 11.5. The Morgan fingerprint density at radius 3 is 2.91 bits per heavy atom. The maximum atomic E-state index is 11.5. The number of hydrogen-bond acceptors (Lipinski definition) is 4. The summed E-state index contributed by atoms with van der Waals surface area (Å²) in [6.45, 7) is 3.21. The van der Waals surface area contributed by atoms with Gasteiger partial charge in [-0.3, -0.25) is 0 Å². The lowest BCUT2D eigenvalue weighted by Gasteiger charge is -2.15. The summed E-state index contributed by atoms with van der Waals surface area (Å²) in [7, 11) is -1.26. The van der Waals surface area contributed by atoms with Crippen LogP contribution in [0.2, 0.25) is 0 Å². The SMILES string of the molecule is CCNC(=NCc1cccc(OC)c1)NC1CCS(=O)(=O)C1. The van der Waals surface area contributed by atoms with Crippen molar-refractivity contribution in [2.24, 2.45) is 4.99 Å². The van der Waals surface area contributed by atoms with Gasteiger partial charge in [-0.05, 0) is 31.0 Å². The van der Waals surface area contributed by atoms with Gasteiger partial charge in [-0.15, -0.1) is 0 Å². The van der Waals surface area contributed by atoms with Gasteiger partial charge in [-0.2, -0.15) is 0 Å². The molecule has 0 saturated carbocycles. The average molecular weight is 325 g/mol. The van der Waals surface area contributed by atoms with Crippen molar-refractivity contribution in [2.75, 3.05) is 25.2 Å². The topological polar surface area (TPSA) is 79.8 Å². The van der Waals surface area contributed by atoms with Gasteiger partial charge in [0.15, 0.2) is 15.8 Å². The molecule has 22 heavy (non-hydrogen) atoms. The number of ether oxygens (including phenoxy) is 1. The third-order valence-electron chi connectivity index (χ3n) is 3.47. The van der Waals surface area contributed by atoms with Crippen LogP contribution in [0.4, 0.5) is 0 Å². The van der Waals surface area contributed by atoms with Crippen LogP contribution in [0.25, 0.3) is 0 Å². The molecule has 1 aromatic rings. The molecular formula is C15H23N3O3S. The van der Waals surface area contributed by atoms with Gasteiger partial charge < -0.3 is 15.4 Å². The molecule has 1 heterocycles. The zero-order valence-electron chi connectivity index (χ0n) is 13.0. The Kier molecular flexibility index (Phi) is 5.65. The highest BCUT2D eigenvalue weighted by Gasteiger charge is 2.28. The van der Waals surface area contributed by atoms with E-state index in [9.17, 15) is 8.42 Å². The molecule has 1 aliphatic heterocycles. The summed E-state index contributed by atoms with van der Waals surface area (Å²) in [5.74, 6) is 1.87. The molecule has 122 valence electrons. The molecule has 0 aromatic heterocycles. The maximum Gasteiger partial charge on any atom is 0.191 e.